The fourth-order valence-corrected chi connectivity index (χ4v) is 2.80. The van der Waals surface area contributed by atoms with Crippen LogP contribution in [0.25, 0.3) is 0 Å². The van der Waals surface area contributed by atoms with E-state index in [1.807, 2.05) is 0 Å². The molecule has 0 aromatic carbocycles. The Labute approximate surface area is 108 Å². The second-order valence-corrected chi connectivity index (χ2v) is 5.21. The van der Waals surface area contributed by atoms with E-state index >= 15 is 0 Å². The van der Waals surface area contributed by atoms with Gasteiger partial charge < -0.3 is 4.90 Å². The third-order valence-electron chi connectivity index (χ3n) is 3.60. The molecule has 1 aromatic heterocycles. The average Bonchev–Trinajstić information content (AvgIpc) is 2.28. The minimum absolute atomic E-state index is 0.572. The molecule has 0 aliphatic heterocycles. The molecule has 17 heavy (non-hydrogen) atoms. The lowest BCUT2D eigenvalue weighted by Crippen LogP contribution is -2.33. The van der Waals surface area contributed by atoms with Gasteiger partial charge in [0, 0.05) is 13.1 Å². The van der Waals surface area contributed by atoms with E-state index in [0.717, 1.165) is 5.82 Å². The minimum Gasteiger partial charge on any atom is -0.355 e. The summed E-state index contributed by atoms with van der Waals surface area (Å²) < 4.78 is 0. The Morgan fingerprint density at radius 2 is 1.82 bits per heavy atom. The largest absolute Gasteiger partial charge is 0.355 e. The molecule has 2 rings (SSSR count). The molecule has 0 N–H and O–H groups in total. The van der Waals surface area contributed by atoms with Gasteiger partial charge in [0.05, 0.1) is 6.20 Å². The van der Waals surface area contributed by atoms with Gasteiger partial charge in [-0.2, -0.15) is 0 Å². The fraction of sp³-hybridized carbons (Fsp3) is 0.692. The smallest absolute Gasteiger partial charge is 0.150 e. The van der Waals surface area contributed by atoms with Gasteiger partial charge in [0.25, 0.3) is 0 Å². The van der Waals surface area contributed by atoms with Crippen LogP contribution in [0.5, 0.6) is 0 Å². The fourth-order valence-electron chi connectivity index (χ4n) is 2.56. The average molecular weight is 254 g/mol. The van der Waals surface area contributed by atoms with E-state index in [0.29, 0.717) is 11.1 Å². The molecule has 0 bridgehead atoms. The molecule has 0 radical (unpaired) electrons. The molecule has 0 unspecified atom stereocenters. The van der Waals surface area contributed by atoms with Gasteiger partial charge in [0.15, 0.2) is 5.82 Å². The summed E-state index contributed by atoms with van der Waals surface area (Å²) in [5, 5.41) is 0.650. The minimum atomic E-state index is 0.572. The number of rotatable bonds is 2. The van der Waals surface area contributed by atoms with Gasteiger partial charge >= 0.3 is 0 Å². The van der Waals surface area contributed by atoms with E-state index in [4.69, 9.17) is 11.6 Å². The summed E-state index contributed by atoms with van der Waals surface area (Å²) in [6.07, 6.45) is 12.5. The SMILES string of the molecule is CN(c1ncncc1Cl)C1CCCCCCC1. The predicted molar refractivity (Wildman–Crippen MR) is 71.6 cm³/mol. The van der Waals surface area contributed by atoms with Crippen molar-refractivity contribution < 1.29 is 0 Å². The van der Waals surface area contributed by atoms with Crippen LogP contribution in [0.1, 0.15) is 44.9 Å². The normalized spacial score (nSPS) is 18.5. The highest BCUT2D eigenvalue weighted by Gasteiger charge is 2.19. The maximum absolute atomic E-state index is 6.14. The Balaban J connectivity index is 2.07. The van der Waals surface area contributed by atoms with Crippen LogP contribution in [0.3, 0.4) is 0 Å². The van der Waals surface area contributed by atoms with E-state index < -0.39 is 0 Å². The van der Waals surface area contributed by atoms with Crippen LogP contribution in [0.2, 0.25) is 5.02 Å². The first-order valence-corrected chi connectivity index (χ1v) is 6.85. The van der Waals surface area contributed by atoms with Gasteiger partial charge in [-0.3, -0.25) is 0 Å². The Hall–Kier alpha value is -0.830. The Kier molecular flexibility index (Phi) is 4.60. The van der Waals surface area contributed by atoms with Crippen LogP contribution in [-0.4, -0.2) is 23.1 Å². The molecule has 0 atom stereocenters. The van der Waals surface area contributed by atoms with E-state index in [1.165, 1.54) is 44.9 Å². The highest BCUT2D eigenvalue weighted by Crippen LogP contribution is 2.27. The molecule has 1 saturated carbocycles. The zero-order valence-electron chi connectivity index (χ0n) is 10.4. The van der Waals surface area contributed by atoms with Crippen molar-refractivity contribution in [3.8, 4) is 0 Å². The first-order valence-electron chi connectivity index (χ1n) is 6.47. The zero-order valence-corrected chi connectivity index (χ0v) is 11.2. The number of anilines is 1. The molecule has 94 valence electrons. The molecule has 0 amide bonds. The predicted octanol–water partition coefficient (Wildman–Crippen LogP) is 3.68. The Morgan fingerprint density at radius 3 is 2.47 bits per heavy atom. The quantitative estimate of drug-likeness (QED) is 0.805. The second kappa shape index (κ2) is 6.20. The van der Waals surface area contributed by atoms with Gasteiger partial charge in [-0.25, -0.2) is 9.97 Å². The molecule has 1 aliphatic carbocycles. The monoisotopic (exact) mass is 253 g/mol. The van der Waals surface area contributed by atoms with Crippen LogP contribution in [0.15, 0.2) is 12.5 Å². The van der Waals surface area contributed by atoms with Crippen molar-refractivity contribution >= 4 is 17.4 Å². The molecular weight excluding hydrogens is 234 g/mol. The topological polar surface area (TPSA) is 29.0 Å². The lowest BCUT2D eigenvalue weighted by Gasteiger charge is -2.30. The maximum atomic E-state index is 6.14. The molecule has 1 fully saturated rings. The summed E-state index contributed by atoms with van der Waals surface area (Å²) in [5.41, 5.74) is 0. The van der Waals surface area contributed by atoms with Crippen molar-refractivity contribution in [2.75, 3.05) is 11.9 Å². The van der Waals surface area contributed by atoms with Crippen LogP contribution >= 0.6 is 11.6 Å². The summed E-state index contributed by atoms with van der Waals surface area (Å²) in [5.74, 6) is 0.868. The second-order valence-electron chi connectivity index (χ2n) is 4.80. The van der Waals surface area contributed by atoms with E-state index in [9.17, 15) is 0 Å². The number of nitrogens with zero attached hydrogens (tertiary/aromatic N) is 3. The van der Waals surface area contributed by atoms with Crippen molar-refractivity contribution in [2.45, 2.75) is 51.0 Å². The van der Waals surface area contributed by atoms with Crippen molar-refractivity contribution in [1.82, 2.24) is 9.97 Å². The van der Waals surface area contributed by atoms with Crippen LogP contribution in [0.4, 0.5) is 5.82 Å². The van der Waals surface area contributed by atoms with Crippen LogP contribution in [0, 0.1) is 0 Å². The summed E-state index contributed by atoms with van der Waals surface area (Å²) >= 11 is 6.14. The first kappa shape index (κ1) is 12.6. The van der Waals surface area contributed by atoms with Gasteiger partial charge in [0.1, 0.15) is 11.3 Å². The molecule has 0 saturated heterocycles. The van der Waals surface area contributed by atoms with Crippen LogP contribution in [-0.2, 0) is 0 Å². The highest BCUT2D eigenvalue weighted by atomic mass is 35.5. The highest BCUT2D eigenvalue weighted by molar-refractivity contribution is 6.32. The summed E-state index contributed by atoms with van der Waals surface area (Å²) in [6, 6.07) is 0.572. The summed E-state index contributed by atoms with van der Waals surface area (Å²) in [6.45, 7) is 0. The van der Waals surface area contributed by atoms with Gasteiger partial charge in [-0.1, -0.05) is 43.7 Å². The Bertz CT molecular complexity index is 348. The van der Waals surface area contributed by atoms with Gasteiger partial charge in [0.2, 0.25) is 0 Å². The standard InChI is InChI=1S/C13H20ClN3/c1-17(13-12(14)9-15-10-16-13)11-7-5-3-2-4-6-8-11/h9-11H,2-8H2,1H3. The van der Waals surface area contributed by atoms with Gasteiger partial charge in [-0.05, 0) is 12.8 Å². The molecule has 4 heteroatoms. The molecule has 1 aromatic rings. The van der Waals surface area contributed by atoms with Crippen molar-refractivity contribution in [1.29, 1.82) is 0 Å². The molecule has 3 nitrogen and oxygen atoms in total. The van der Waals surface area contributed by atoms with E-state index in [2.05, 4.69) is 21.9 Å². The third kappa shape index (κ3) is 3.32. The number of aromatic nitrogens is 2. The lowest BCUT2D eigenvalue weighted by atomic mass is 9.96. The number of halogens is 1. The Morgan fingerprint density at radius 1 is 1.18 bits per heavy atom. The molecule has 1 aliphatic rings. The summed E-state index contributed by atoms with van der Waals surface area (Å²) in [4.78, 5) is 10.5. The third-order valence-corrected chi connectivity index (χ3v) is 3.87. The zero-order chi connectivity index (χ0) is 12.1. The van der Waals surface area contributed by atoms with Crippen molar-refractivity contribution in [2.24, 2.45) is 0 Å². The number of hydrogen-bond acceptors (Lipinski definition) is 3. The molecule has 0 spiro atoms. The maximum Gasteiger partial charge on any atom is 0.150 e. The summed E-state index contributed by atoms with van der Waals surface area (Å²) in [7, 11) is 2.10. The van der Waals surface area contributed by atoms with Crippen LogP contribution < -0.4 is 4.90 Å². The van der Waals surface area contributed by atoms with Crippen molar-refractivity contribution in [3.63, 3.8) is 0 Å². The first-order chi connectivity index (χ1) is 8.29. The molecular formula is C13H20ClN3. The van der Waals surface area contributed by atoms with E-state index in [1.54, 1.807) is 12.5 Å². The number of hydrogen-bond donors (Lipinski definition) is 0. The molecule has 1 heterocycles. The van der Waals surface area contributed by atoms with Gasteiger partial charge in [-0.15, -0.1) is 0 Å². The van der Waals surface area contributed by atoms with Crippen molar-refractivity contribution in [3.05, 3.63) is 17.5 Å². The lowest BCUT2D eigenvalue weighted by molar-refractivity contribution is 0.439. The van der Waals surface area contributed by atoms with E-state index in [-0.39, 0.29) is 0 Å².